The highest BCUT2D eigenvalue weighted by Gasteiger charge is 2.31. The molecule has 0 saturated carbocycles. The lowest BCUT2D eigenvalue weighted by Crippen LogP contribution is -2.32. The second-order valence-corrected chi connectivity index (χ2v) is 7.46. The van der Waals surface area contributed by atoms with Gasteiger partial charge in [-0.3, -0.25) is 0 Å². The average Bonchev–Trinajstić information content (AvgIpc) is 2.71. The van der Waals surface area contributed by atoms with E-state index in [1.165, 1.54) is 0 Å². The van der Waals surface area contributed by atoms with E-state index in [4.69, 9.17) is 0 Å². The minimum atomic E-state index is -3.06. The highest BCUT2D eigenvalue weighted by atomic mass is 32.2. The predicted molar refractivity (Wildman–Crippen MR) is 69.5 cm³/mol. The van der Waals surface area contributed by atoms with Crippen molar-refractivity contribution in [2.75, 3.05) is 12.3 Å². The number of halogens is 3. The molecule has 7 heteroatoms. The van der Waals surface area contributed by atoms with Crippen molar-refractivity contribution in [1.29, 1.82) is 0 Å². The van der Waals surface area contributed by atoms with Crippen molar-refractivity contribution in [3.63, 3.8) is 0 Å². The summed E-state index contributed by atoms with van der Waals surface area (Å²) in [5.41, 5.74) is 0.247. The van der Waals surface area contributed by atoms with Gasteiger partial charge in [-0.05, 0) is 37.5 Å². The van der Waals surface area contributed by atoms with Crippen LogP contribution in [0.1, 0.15) is 31.4 Å². The van der Waals surface area contributed by atoms with Gasteiger partial charge in [-0.25, -0.2) is 21.6 Å². The SMILES string of the molecule is C[C@@H](NC[C@H]1CCCS1(=O)=O)c1cc(F)c(F)c(F)c1. The third kappa shape index (κ3) is 3.15. The maximum atomic E-state index is 13.1. The van der Waals surface area contributed by atoms with E-state index in [-0.39, 0.29) is 17.9 Å². The van der Waals surface area contributed by atoms with Crippen LogP contribution in [0.3, 0.4) is 0 Å². The van der Waals surface area contributed by atoms with Gasteiger partial charge in [0.1, 0.15) is 0 Å². The standard InChI is InChI=1S/C13H16F3NO2S/c1-8(9-5-11(14)13(16)12(15)6-9)17-7-10-3-2-4-20(10,18)19/h5-6,8,10,17H,2-4,7H2,1H3/t8-,10-/m1/s1. The third-order valence-corrected chi connectivity index (χ3v) is 5.90. The molecule has 1 heterocycles. The molecule has 0 unspecified atom stereocenters. The molecule has 1 fully saturated rings. The molecule has 0 radical (unpaired) electrons. The van der Waals surface area contributed by atoms with Crippen LogP contribution in [0.15, 0.2) is 12.1 Å². The molecule has 1 N–H and O–H groups in total. The van der Waals surface area contributed by atoms with Crippen LogP contribution in [0.25, 0.3) is 0 Å². The van der Waals surface area contributed by atoms with Crippen LogP contribution in [0.2, 0.25) is 0 Å². The molecule has 0 spiro atoms. The van der Waals surface area contributed by atoms with Crippen LogP contribution in [-0.4, -0.2) is 26.0 Å². The Hall–Kier alpha value is -1.08. The second kappa shape index (κ2) is 5.73. The van der Waals surface area contributed by atoms with E-state index in [2.05, 4.69) is 5.32 Å². The summed E-state index contributed by atoms with van der Waals surface area (Å²) >= 11 is 0. The zero-order chi connectivity index (χ0) is 14.9. The van der Waals surface area contributed by atoms with Gasteiger partial charge in [-0.15, -0.1) is 0 Å². The molecule has 20 heavy (non-hydrogen) atoms. The van der Waals surface area contributed by atoms with E-state index in [1.54, 1.807) is 6.92 Å². The molecule has 1 aliphatic heterocycles. The van der Waals surface area contributed by atoms with E-state index in [0.29, 0.717) is 12.8 Å². The van der Waals surface area contributed by atoms with Crippen molar-refractivity contribution in [3.05, 3.63) is 35.1 Å². The minimum Gasteiger partial charge on any atom is -0.309 e. The fourth-order valence-electron chi connectivity index (χ4n) is 2.34. The Bertz CT molecular complexity index is 581. The highest BCUT2D eigenvalue weighted by molar-refractivity contribution is 7.92. The minimum absolute atomic E-state index is 0.188. The molecular formula is C13H16F3NO2S. The summed E-state index contributed by atoms with van der Waals surface area (Å²) < 4.78 is 62.4. The van der Waals surface area contributed by atoms with Crippen LogP contribution in [0.4, 0.5) is 13.2 Å². The van der Waals surface area contributed by atoms with Crippen LogP contribution in [0, 0.1) is 17.5 Å². The smallest absolute Gasteiger partial charge is 0.194 e. The van der Waals surface area contributed by atoms with Gasteiger partial charge in [0.05, 0.1) is 11.0 Å². The summed E-state index contributed by atoms with van der Waals surface area (Å²) in [7, 11) is -3.06. The zero-order valence-electron chi connectivity index (χ0n) is 11.0. The average molecular weight is 307 g/mol. The molecule has 2 rings (SSSR count). The van der Waals surface area contributed by atoms with Gasteiger partial charge in [-0.1, -0.05) is 0 Å². The summed E-state index contributed by atoms with van der Waals surface area (Å²) in [6.07, 6.45) is 1.23. The van der Waals surface area contributed by atoms with Gasteiger partial charge < -0.3 is 5.32 Å². The Morgan fingerprint density at radius 2 is 1.90 bits per heavy atom. The van der Waals surface area contributed by atoms with E-state index < -0.39 is 38.6 Å². The molecule has 0 bridgehead atoms. The summed E-state index contributed by atoms with van der Waals surface area (Å²) in [4.78, 5) is 0. The first kappa shape index (κ1) is 15.3. The molecule has 112 valence electrons. The van der Waals surface area contributed by atoms with E-state index in [9.17, 15) is 21.6 Å². The first-order valence-corrected chi connectivity index (χ1v) is 8.12. The van der Waals surface area contributed by atoms with Crippen molar-refractivity contribution in [1.82, 2.24) is 5.32 Å². The predicted octanol–water partition coefficient (Wildman–Crippen LogP) is 2.33. The molecule has 0 aliphatic carbocycles. The monoisotopic (exact) mass is 307 g/mol. The normalized spacial score (nSPS) is 22.9. The lowest BCUT2D eigenvalue weighted by atomic mass is 10.1. The van der Waals surface area contributed by atoms with Gasteiger partial charge in [0.2, 0.25) is 0 Å². The first-order chi connectivity index (χ1) is 9.31. The largest absolute Gasteiger partial charge is 0.309 e. The van der Waals surface area contributed by atoms with Gasteiger partial charge in [0.25, 0.3) is 0 Å². The van der Waals surface area contributed by atoms with Crippen molar-refractivity contribution < 1.29 is 21.6 Å². The molecular weight excluding hydrogens is 291 g/mol. The van der Waals surface area contributed by atoms with Gasteiger partial charge in [0, 0.05) is 12.6 Å². The summed E-state index contributed by atoms with van der Waals surface area (Å²) in [5.74, 6) is -3.81. The first-order valence-electron chi connectivity index (χ1n) is 6.40. The topological polar surface area (TPSA) is 46.2 Å². The molecule has 3 nitrogen and oxygen atoms in total. The third-order valence-electron chi connectivity index (χ3n) is 3.62. The van der Waals surface area contributed by atoms with Crippen molar-refractivity contribution in [2.24, 2.45) is 0 Å². The summed E-state index contributed by atoms with van der Waals surface area (Å²) in [6, 6.07) is 1.37. The van der Waals surface area contributed by atoms with E-state index in [0.717, 1.165) is 12.1 Å². The highest BCUT2D eigenvalue weighted by Crippen LogP contribution is 2.22. The zero-order valence-corrected chi connectivity index (χ0v) is 11.8. The maximum absolute atomic E-state index is 13.1. The molecule has 0 amide bonds. The molecule has 1 aromatic rings. The fraction of sp³-hybridized carbons (Fsp3) is 0.538. The van der Waals surface area contributed by atoms with Crippen LogP contribution >= 0.6 is 0 Å². The Balaban J connectivity index is 2.04. The summed E-state index contributed by atoms with van der Waals surface area (Å²) in [6.45, 7) is 1.87. The Labute approximate surface area is 116 Å². The van der Waals surface area contributed by atoms with E-state index >= 15 is 0 Å². The Kier molecular flexibility index (Phi) is 4.39. The molecule has 0 aromatic heterocycles. The number of benzene rings is 1. The molecule has 1 saturated heterocycles. The van der Waals surface area contributed by atoms with Crippen LogP contribution in [-0.2, 0) is 9.84 Å². The van der Waals surface area contributed by atoms with Gasteiger partial charge in [0.15, 0.2) is 27.3 Å². The number of rotatable bonds is 4. The Morgan fingerprint density at radius 3 is 2.40 bits per heavy atom. The lowest BCUT2D eigenvalue weighted by Gasteiger charge is -2.17. The molecule has 1 aliphatic rings. The summed E-state index contributed by atoms with van der Waals surface area (Å²) in [5, 5.41) is 2.48. The Morgan fingerprint density at radius 1 is 1.30 bits per heavy atom. The number of nitrogens with one attached hydrogen (secondary N) is 1. The van der Waals surface area contributed by atoms with E-state index in [1.807, 2.05) is 0 Å². The van der Waals surface area contributed by atoms with Crippen molar-refractivity contribution >= 4 is 9.84 Å². The van der Waals surface area contributed by atoms with Crippen LogP contribution < -0.4 is 5.32 Å². The second-order valence-electron chi connectivity index (χ2n) is 5.06. The molecule has 1 aromatic carbocycles. The van der Waals surface area contributed by atoms with Crippen molar-refractivity contribution in [2.45, 2.75) is 31.1 Å². The number of hydrogen-bond donors (Lipinski definition) is 1. The number of hydrogen-bond acceptors (Lipinski definition) is 3. The lowest BCUT2D eigenvalue weighted by molar-refractivity contribution is 0.440. The van der Waals surface area contributed by atoms with Gasteiger partial charge in [-0.2, -0.15) is 0 Å². The van der Waals surface area contributed by atoms with Gasteiger partial charge >= 0.3 is 0 Å². The van der Waals surface area contributed by atoms with Crippen LogP contribution in [0.5, 0.6) is 0 Å². The fourth-order valence-corrected chi connectivity index (χ4v) is 4.12. The quantitative estimate of drug-likeness (QED) is 0.869. The van der Waals surface area contributed by atoms with Crippen molar-refractivity contribution in [3.8, 4) is 0 Å². The molecule has 2 atom stereocenters. The number of sulfone groups is 1. The maximum Gasteiger partial charge on any atom is 0.194 e.